The molecule has 0 radical (unpaired) electrons. The molecule has 0 unspecified atom stereocenters. The predicted octanol–water partition coefficient (Wildman–Crippen LogP) is 1.50. The van der Waals surface area contributed by atoms with Crippen LogP contribution in [0.2, 0.25) is 0 Å². The van der Waals surface area contributed by atoms with Gasteiger partial charge in [-0.05, 0) is 49.1 Å². The Morgan fingerprint density at radius 2 is 1.80 bits per heavy atom. The van der Waals surface area contributed by atoms with Crippen LogP contribution in [0.5, 0.6) is 5.75 Å². The number of rotatable bonds is 6. The second-order valence-corrected chi connectivity index (χ2v) is 9.56. The van der Waals surface area contributed by atoms with Crippen molar-refractivity contribution in [2.45, 2.75) is 44.8 Å². The minimum atomic E-state index is -1.39. The molecule has 3 aliphatic heterocycles. The molecule has 0 saturated carbocycles. The highest BCUT2D eigenvalue weighted by Crippen LogP contribution is 2.54. The van der Waals surface area contributed by atoms with Gasteiger partial charge in [-0.15, -0.1) is 0 Å². The fraction of sp³-hybridized carbons (Fsp3) is 0.385. The van der Waals surface area contributed by atoms with E-state index in [1.165, 1.54) is 4.90 Å². The van der Waals surface area contributed by atoms with Gasteiger partial charge in [0.15, 0.2) is 0 Å². The molecule has 9 nitrogen and oxygen atoms in total. The number of hydrogen-bond donors (Lipinski definition) is 3. The van der Waals surface area contributed by atoms with Crippen molar-refractivity contribution in [1.29, 1.82) is 0 Å². The third kappa shape index (κ3) is 3.33. The van der Waals surface area contributed by atoms with E-state index >= 15 is 0 Å². The topological polar surface area (TPSA) is 131 Å². The molecule has 9 heteroatoms. The fourth-order valence-electron chi connectivity index (χ4n) is 5.79. The lowest BCUT2D eigenvalue weighted by molar-refractivity contribution is -0.143. The zero-order valence-corrected chi connectivity index (χ0v) is 19.9. The van der Waals surface area contributed by atoms with E-state index in [1.54, 1.807) is 31.4 Å². The van der Waals surface area contributed by atoms with Gasteiger partial charge in [0.2, 0.25) is 23.6 Å². The van der Waals surface area contributed by atoms with Gasteiger partial charge < -0.3 is 15.8 Å². The van der Waals surface area contributed by atoms with Gasteiger partial charge in [0.25, 0.3) is 0 Å². The quantitative estimate of drug-likeness (QED) is 0.542. The van der Waals surface area contributed by atoms with Gasteiger partial charge in [-0.25, -0.2) is 0 Å². The van der Waals surface area contributed by atoms with Crippen molar-refractivity contribution in [1.82, 2.24) is 10.2 Å². The summed E-state index contributed by atoms with van der Waals surface area (Å²) in [7, 11) is 1.57. The molecule has 5 rings (SSSR count). The first kappa shape index (κ1) is 23.0. The zero-order valence-electron chi connectivity index (χ0n) is 19.9. The van der Waals surface area contributed by atoms with Crippen LogP contribution in [-0.2, 0) is 31.3 Å². The number of likely N-dealkylation sites (tertiary alicyclic amines) is 1. The van der Waals surface area contributed by atoms with E-state index in [4.69, 9.17) is 10.5 Å². The summed E-state index contributed by atoms with van der Waals surface area (Å²) in [5.41, 5.74) is 8.03. The number of ether oxygens (including phenoxy) is 1. The Hall–Kier alpha value is -3.72. The Labute approximate surface area is 203 Å². The average Bonchev–Trinajstić information content (AvgIpc) is 3.41. The highest BCUT2D eigenvalue weighted by Gasteiger charge is 2.70. The minimum Gasteiger partial charge on any atom is -0.497 e. The van der Waals surface area contributed by atoms with Gasteiger partial charge in [-0.3, -0.25) is 29.4 Å². The highest BCUT2D eigenvalue weighted by molar-refractivity contribution is 6.15. The van der Waals surface area contributed by atoms with E-state index in [1.807, 2.05) is 26.0 Å². The van der Waals surface area contributed by atoms with Crippen LogP contribution in [0.3, 0.4) is 0 Å². The van der Waals surface area contributed by atoms with E-state index in [0.29, 0.717) is 17.0 Å². The van der Waals surface area contributed by atoms with E-state index < -0.39 is 35.2 Å². The van der Waals surface area contributed by atoms with Crippen molar-refractivity contribution in [2.75, 3.05) is 12.4 Å². The smallest absolute Gasteiger partial charge is 0.250 e. The molecule has 4 N–H and O–H groups in total. The maximum atomic E-state index is 13.8. The summed E-state index contributed by atoms with van der Waals surface area (Å²) in [6, 6.07) is 10.4. The summed E-state index contributed by atoms with van der Waals surface area (Å²) in [6.45, 7) is 3.96. The SMILES string of the molecule is COc1ccc(CN2C(=O)[C@@H]3[C@H](CCC(N)=O)N[C@@]4(C(=O)Nc5c4ccc(C)c5C)[C@@H]3C2=O)cc1. The summed E-state index contributed by atoms with van der Waals surface area (Å²) in [6.07, 6.45) is 0.291. The van der Waals surface area contributed by atoms with Crippen LogP contribution in [-0.4, -0.2) is 41.7 Å². The van der Waals surface area contributed by atoms with Gasteiger partial charge in [-0.2, -0.15) is 0 Å². The lowest BCUT2D eigenvalue weighted by Crippen LogP contribution is -2.53. The Kier molecular flexibility index (Phi) is 5.40. The number of nitrogens with two attached hydrogens (primary N) is 1. The number of imide groups is 1. The monoisotopic (exact) mass is 476 g/mol. The van der Waals surface area contributed by atoms with Crippen LogP contribution in [0.1, 0.15) is 35.1 Å². The van der Waals surface area contributed by atoms with Crippen molar-refractivity contribution >= 4 is 29.3 Å². The van der Waals surface area contributed by atoms with Crippen molar-refractivity contribution in [3.05, 3.63) is 58.7 Å². The molecule has 35 heavy (non-hydrogen) atoms. The molecule has 2 aromatic carbocycles. The third-order valence-corrected chi connectivity index (χ3v) is 7.71. The minimum absolute atomic E-state index is 0.0400. The molecule has 0 bridgehead atoms. The van der Waals surface area contributed by atoms with Crippen molar-refractivity contribution in [2.24, 2.45) is 17.6 Å². The summed E-state index contributed by atoms with van der Waals surface area (Å²) in [4.78, 5) is 53.9. The molecule has 182 valence electrons. The van der Waals surface area contributed by atoms with E-state index in [0.717, 1.165) is 16.7 Å². The Balaban J connectivity index is 1.57. The van der Waals surface area contributed by atoms with Crippen LogP contribution in [0.25, 0.3) is 0 Å². The van der Waals surface area contributed by atoms with Gasteiger partial charge in [-0.1, -0.05) is 24.3 Å². The molecular formula is C26H28N4O5. The first-order chi connectivity index (χ1) is 16.7. The summed E-state index contributed by atoms with van der Waals surface area (Å²) in [5.74, 6) is -2.63. The average molecular weight is 477 g/mol. The van der Waals surface area contributed by atoms with Crippen molar-refractivity contribution in [3.63, 3.8) is 0 Å². The van der Waals surface area contributed by atoms with Crippen molar-refractivity contribution in [3.8, 4) is 5.75 Å². The van der Waals surface area contributed by atoms with Crippen molar-refractivity contribution < 1.29 is 23.9 Å². The molecule has 2 saturated heterocycles. The Bertz CT molecular complexity index is 1260. The number of hydrogen-bond acceptors (Lipinski definition) is 6. The third-order valence-electron chi connectivity index (χ3n) is 7.71. The molecule has 2 aromatic rings. The van der Waals surface area contributed by atoms with Crippen LogP contribution >= 0.6 is 0 Å². The molecule has 1 spiro atoms. The van der Waals surface area contributed by atoms with Gasteiger partial charge >= 0.3 is 0 Å². The summed E-state index contributed by atoms with van der Waals surface area (Å²) >= 11 is 0. The predicted molar refractivity (Wildman–Crippen MR) is 127 cm³/mol. The van der Waals surface area contributed by atoms with E-state index in [9.17, 15) is 19.2 Å². The van der Waals surface area contributed by atoms with E-state index in [-0.39, 0.29) is 31.2 Å². The van der Waals surface area contributed by atoms with Gasteiger partial charge in [0.1, 0.15) is 11.3 Å². The fourth-order valence-corrected chi connectivity index (χ4v) is 5.79. The number of methoxy groups -OCH3 is 1. The number of aryl methyl sites for hydroxylation is 1. The number of carbonyl (C=O) groups excluding carboxylic acids is 4. The first-order valence-corrected chi connectivity index (χ1v) is 11.6. The molecule has 0 aromatic heterocycles. The van der Waals surface area contributed by atoms with Gasteiger partial charge in [0, 0.05) is 23.7 Å². The molecule has 4 atom stereocenters. The number of benzene rings is 2. The Morgan fingerprint density at radius 3 is 2.46 bits per heavy atom. The lowest BCUT2D eigenvalue weighted by atomic mass is 9.76. The molecule has 0 aliphatic carbocycles. The second kappa shape index (κ2) is 8.20. The second-order valence-electron chi connectivity index (χ2n) is 9.56. The van der Waals surface area contributed by atoms with Crippen LogP contribution in [0.15, 0.2) is 36.4 Å². The number of nitrogens with zero attached hydrogens (tertiary/aromatic N) is 1. The van der Waals surface area contributed by atoms with Crippen LogP contribution < -0.4 is 21.1 Å². The molecule has 2 fully saturated rings. The van der Waals surface area contributed by atoms with Crippen LogP contribution in [0, 0.1) is 25.7 Å². The maximum absolute atomic E-state index is 13.8. The molecular weight excluding hydrogens is 448 g/mol. The summed E-state index contributed by atoms with van der Waals surface area (Å²) in [5, 5.41) is 6.29. The normalized spacial score (nSPS) is 26.8. The van der Waals surface area contributed by atoms with E-state index in [2.05, 4.69) is 10.6 Å². The standard InChI is InChI=1S/C26H28N4O5/c1-13-4-9-17-22(14(13)2)28-25(34)26(17)21-20(18(29-26)10-11-19(27)31)23(32)30(24(21)33)12-15-5-7-16(35-3)8-6-15/h4-9,18,20-21,29H,10-12H2,1-3H3,(H2,27,31)(H,28,34)/t18-,20+,21-,26+/m0/s1. The zero-order chi connectivity index (χ0) is 25.1. The van der Waals surface area contributed by atoms with Gasteiger partial charge in [0.05, 0.1) is 25.5 Å². The highest BCUT2D eigenvalue weighted by atomic mass is 16.5. The number of nitrogens with one attached hydrogen (secondary N) is 2. The number of primary amides is 1. The molecule has 3 aliphatic rings. The molecule has 3 heterocycles. The number of amides is 4. The first-order valence-electron chi connectivity index (χ1n) is 11.6. The number of carbonyl (C=O) groups is 4. The number of fused-ring (bicyclic) bond motifs is 4. The maximum Gasteiger partial charge on any atom is 0.250 e. The molecule has 4 amide bonds. The lowest BCUT2D eigenvalue weighted by Gasteiger charge is -2.29. The van der Waals surface area contributed by atoms with Crippen LogP contribution in [0.4, 0.5) is 5.69 Å². The largest absolute Gasteiger partial charge is 0.497 e. The number of anilines is 1. The summed E-state index contributed by atoms with van der Waals surface area (Å²) < 4.78 is 5.19. The Morgan fingerprint density at radius 1 is 1.09 bits per heavy atom.